The van der Waals surface area contributed by atoms with Crippen LogP contribution < -0.4 is 16.1 Å². The molecule has 0 atom stereocenters. The van der Waals surface area contributed by atoms with E-state index in [1.807, 2.05) is 19.1 Å². The Morgan fingerprint density at radius 1 is 1.16 bits per heavy atom. The molecule has 4 rings (SSSR count). The fourth-order valence-electron chi connectivity index (χ4n) is 3.54. The lowest BCUT2D eigenvalue weighted by atomic mass is 9.91. The normalized spacial score (nSPS) is 17.3. The van der Waals surface area contributed by atoms with Gasteiger partial charge in [-0.25, -0.2) is 4.79 Å². The second-order valence-corrected chi connectivity index (χ2v) is 8.38. The number of hydrogen-bond acceptors (Lipinski definition) is 5. The number of carbonyl (C=O) groups excluding carboxylic acids is 2. The van der Waals surface area contributed by atoms with E-state index in [0.29, 0.717) is 59.7 Å². The second kappa shape index (κ2) is 8.82. The molecule has 10 heteroatoms. The minimum atomic E-state index is -0.617. The zero-order valence-corrected chi connectivity index (χ0v) is 18.3. The van der Waals surface area contributed by atoms with Crippen LogP contribution in [0.2, 0.25) is 10.0 Å². The number of rotatable bonds is 4. The van der Waals surface area contributed by atoms with Crippen molar-refractivity contribution in [1.82, 2.24) is 15.7 Å². The van der Waals surface area contributed by atoms with Crippen molar-refractivity contribution in [3.63, 3.8) is 0 Å². The molecule has 2 aliphatic heterocycles. The molecule has 3 amide bonds. The summed E-state index contributed by atoms with van der Waals surface area (Å²) < 4.78 is 5.45. The number of likely N-dealkylation sites (tertiary alicyclic amines) is 1. The molecule has 0 radical (unpaired) electrons. The molecule has 2 aromatic rings. The van der Waals surface area contributed by atoms with E-state index in [-0.39, 0.29) is 11.9 Å². The minimum Gasteiger partial charge on any atom is -0.465 e. The van der Waals surface area contributed by atoms with Gasteiger partial charge in [0.1, 0.15) is 22.8 Å². The number of aryl methyl sites for hydroxylation is 1. The lowest BCUT2D eigenvalue weighted by molar-refractivity contribution is -0.120. The molecule has 1 aromatic carbocycles. The van der Waals surface area contributed by atoms with Gasteiger partial charge in [0.05, 0.1) is 16.6 Å². The summed E-state index contributed by atoms with van der Waals surface area (Å²) in [6.45, 7) is 3.10. The van der Waals surface area contributed by atoms with Crippen molar-refractivity contribution in [3.8, 4) is 0 Å². The van der Waals surface area contributed by atoms with E-state index in [1.165, 1.54) is 0 Å². The Morgan fingerprint density at radius 2 is 1.94 bits per heavy atom. The standard InChI is InChI=1S/C21H22Cl2N4O4/c1-13-2-4-15(30-13)12-24-19(28)18-11-21(31-26-18)6-8-27(9-7-21)20(29)25-14-3-5-16(22)17(23)10-14/h2-5,10-11,26H,6-9,12H2,1H3,(H,24,28)(H,25,29). The smallest absolute Gasteiger partial charge is 0.321 e. The number of hydrogen-bond donors (Lipinski definition) is 3. The number of amides is 3. The summed E-state index contributed by atoms with van der Waals surface area (Å²) in [7, 11) is 0. The van der Waals surface area contributed by atoms with Gasteiger partial charge in [-0.3, -0.25) is 15.1 Å². The third kappa shape index (κ3) is 4.98. The molecule has 0 saturated carbocycles. The molecule has 164 valence electrons. The number of halogens is 2. The first kappa shape index (κ1) is 21.5. The van der Waals surface area contributed by atoms with Crippen LogP contribution in [0.15, 0.2) is 46.5 Å². The molecule has 3 heterocycles. The van der Waals surface area contributed by atoms with E-state index in [0.717, 1.165) is 5.76 Å². The molecule has 2 aliphatic rings. The zero-order chi connectivity index (χ0) is 22.0. The Labute approximate surface area is 189 Å². The van der Waals surface area contributed by atoms with Gasteiger partial charge < -0.3 is 20.0 Å². The summed E-state index contributed by atoms with van der Waals surface area (Å²) in [4.78, 5) is 32.4. The number of carbonyl (C=O) groups is 2. The van der Waals surface area contributed by atoms with E-state index < -0.39 is 5.60 Å². The fraction of sp³-hybridized carbons (Fsp3) is 0.333. The fourth-order valence-corrected chi connectivity index (χ4v) is 3.84. The Kier molecular flexibility index (Phi) is 6.13. The zero-order valence-electron chi connectivity index (χ0n) is 16.8. The number of furan rings is 1. The van der Waals surface area contributed by atoms with Crippen molar-refractivity contribution >= 4 is 40.8 Å². The molecule has 31 heavy (non-hydrogen) atoms. The van der Waals surface area contributed by atoms with E-state index in [9.17, 15) is 9.59 Å². The second-order valence-electron chi connectivity index (χ2n) is 7.57. The van der Waals surface area contributed by atoms with Crippen LogP contribution in [0.3, 0.4) is 0 Å². The molecular weight excluding hydrogens is 443 g/mol. The van der Waals surface area contributed by atoms with Crippen LogP contribution in [-0.4, -0.2) is 35.5 Å². The van der Waals surface area contributed by atoms with Gasteiger partial charge in [0.2, 0.25) is 0 Å². The summed E-state index contributed by atoms with van der Waals surface area (Å²) in [6.07, 6.45) is 2.91. The summed E-state index contributed by atoms with van der Waals surface area (Å²) in [6, 6.07) is 8.37. The highest BCUT2D eigenvalue weighted by Gasteiger charge is 2.41. The predicted octanol–water partition coefficient (Wildman–Crippen LogP) is 4.00. The molecule has 1 aromatic heterocycles. The Balaban J connectivity index is 1.30. The number of urea groups is 1. The van der Waals surface area contributed by atoms with Crippen molar-refractivity contribution in [2.75, 3.05) is 18.4 Å². The lowest BCUT2D eigenvalue weighted by Crippen LogP contribution is -2.48. The maximum Gasteiger partial charge on any atom is 0.321 e. The summed E-state index contributed by atoms with van der Waals surface area (Å²) in [5.74, 6) is 1.20. The number of piperidine rings is 1. The largest absolute Gasteiger partial charge is 0.465 e. The van der Waals surface area contributed by atoms with Crippen LogP contribution in [0.4, 0.5) is 10.5 Å². The first-order valence-corrected chi connectivity index (χ1v) is 10.6. The highest BCUT2D eigenvalue weighted by atomic mass is 35.5. The third-order valence-corrected chi connectivity index (χ3v) is 6.04. The van der Waals surface area contributed by atoms with Gasteiger partial charge in [0, 0.05) is 31.6 Å². The maximum absolute atomic E-state index is 12.6. The van der Waals surface area contributed by atoms with Crippen LogP contribution in [0.5, 0.6) is 0 Å². The molecule has 0 bridgehead atoms. The maximum atomic E-state index is 12.6. The van der Waals surface area contributed by atoms with Gasteiger partial charge in [-0.2, -0.15) is 0 Å². The Bertz CT molecular complexity index is 1030. The Morgan fingerprint density at radius 3 is 2.61 bits per heavy atom. The predicted molar refractivity (Wildman–Crippen MR) is 117 cm³/mol. The third-order valence-electron chi connectivity index (χ3n) is 5.30. The molecule has 0 aliphatic carbocycles. The SMILES string of the molecule is Cc1ccc(CNC(=O)C2=CC3(CCN(C(=O)Nc4ccc(Cl)c(Cl)c4)CC3)ON2)o1. The van der Waals surface area contributed by atoms with Crippen LogP contribution in [0.1, 0.15) is 24.4 Å². The minimum absolute atomic E-state index is 0.227. The molecule has 0 unspecified atom stereocenters. The van der Waals surface area contributed by atoms with Crippen molar-refractivity contribution in [3.05, 3.63) is 63.7 Å². The molecule has 8 nitrogen and oxygen atoms in total. The quantitative estimate of drug-likeness (QED) is 0.635. The number of nitrogens with zero attached hydrogens (tertiary/aromatic N) is 1. The highest BCUT2D eigenvalue weighted by molar-refractivity contribution is 6.42. The first-order chi connectivity index (χ1) is 14.8. The molecule has 1 spiro atoms. The molecule has 1 fully saturated rings. The molecular formula is C21H22Cl2N4O4. The van der Waals surface area contributed by atoms with Crippen LogP contribution in [0, 0.1) is 6.92 Å². The van der Waals surface area contributed by atoms with E-state index in [2.05, 4.69) is 16.1 Å². The number of benzene rings is 1. The van der Waals surface area contributed by atoms with Crippen molar-refractivity contribution in [2.45, 2.75) is 31.9 Å². The average molecular weight is 465 g/mol. The van der Waals surface area contributed by atoms with Gasteiger partial charge in [-0.1, -0.05) is 23.2 Å². The first-order valence-electron chi connectivity index (χ1n) is 9.85. The summed E-state index contributed by atoms with van der Waals surface area (Å²) in [5.41, 5.74) is 3.04. The van der Waals surface area contributed by atoms with Crippen molar-refractivity contribution in [1.29, 1.82) is 0 Å². The van der Waals surface area contributed by atoms with Gasteiger partial charge in [-0.05, 0) is 43.3 Å². The van der Waals surface area contributed by atoms with Crippen LogP contribution in [0.25, 0.3) is 0 Å². The van der Waals surface area contributed by atoms with Crippen LogP contribution in [-0.2, 0) is 16.2 Å². The van der Waals surface area contributed by atoms with E-state index in [1.54, 1.807) is 29.2 Å². The van der Waals surface area contributed by atoms with Crippen LogP contribution >= 0.6 is 23.2 Å². The van der Waals surface area contributed by atoms with Gasteiger partial charge in [0.25, 0.3) is 5.91 Å². The number of anilines is 1. The lowest BCUT2D eigenvalue weighted by Gasteiger charge is -2.36. The van der Waals surface area contributed by atoms with Crippen molar-refractivity contribution in [2.24, 2.45) is 0 Å². The molecule has 3 N–H and O–H groups in total. The summed E-state index contributed by atoms with van der Waals surface area (Å²) in [5, 5.41) is 6.42. The summed E-state index contributed by atoms with van der Waals surface area (Å²) >= 11 is 11.9. The topological polar surface area (TPSA) is 95.8 Å². The van der Waals surface area contributed by atoms with E-state index in [4.69, 9.17) is 32.5 Å². The Hall–Kier alpha value is -2.68. The van der Waals surface area contributed by atoms with Crippen molar-refractivity contribution < 1.29 is 18.8 Å². The van der Waals surface area contributed by atoms with Gasteiger partial charge in [-0.15, -0.1) is 0 Å². The number of hydroxylamine groups is 1. The molecule has 1 saturated heterocycles. The average Bonchev–Trinajstić information content (AvgIpc) is 3.36. The monoisotopic (exact) mass is 464 g/mol. The van der Waals surface area contributed by atoms with E-state index >= 15 is 0 Å². The van der Waals surface area contributed by atoms with Gasteiger partial charge >= 0.3 is 6.03 Å². The highest BCUT2D eigenvalue weighted by Crippen LogP contribution is 2.32. The van der Waals surface area contributed by atoms with Gasteiger partial charge in [0.15, 0.2) is 0 Å². The number of nitrogens with one attached hydrogen (secondary N) is 3.